The number of phenolic OH excluding ortho intramolecular Hbond substituents is 1. The van der Waals surface area contributed by atoms with Crippen molar-refractivity contribution in [3.63, 3.8) is 0 Å². The number of terminal acetylenes is 1. The van der Waals surface area contributed by atoms with Crippen LogP contribution in [0.1, 0.15) is 44.1 Å². The zero-order chi connectivity index (χ0) is 38.1. The molecule has 2 unspecified atom stereocenters. The van der Waals surface area contributed by atoms with Gasteiger partial charge in [-0.25, -0.2) is 22.0 Å². The van der Waals surface area contributed by atoms with Crippen molar-refractivity contribution in [1.82, 2.24) is 29.5 Å². The number of ether oxygens (including phenoxy) is 1. The third-order valence-corrected chi connectivity index (χ3v) is 12.5. The molecule has 2 bridgehead atoms. The number of carbonyl (C=O) groups excluding carboxylic acids is 1. The number of benzene rings is 3. The number of alkyl halides is 3. The normalized spacial score (nSPS) is 27.0. The first-order valence-electron chi connectivity index (χ1n) is 18.6. The standard InChI is InChI=1S/C40H36F5N7O3/c1-3-25-29(42)8-5-20-11-24(53)12-26(30(20)25)31-33(43)35-32(27-18-49(2)48-34(27)31)36(47-38(46-35)55-19-39-9-4-10-51(39)15-21(41)13-39)50-16-22-6-7-23(17-50)52(22)37(54)28-14-40(28,44)45/h1,5,8,11-12,18,21-23,28,53H,4,6-7,9-10,13-17,19H2,2H3/t21-,22?,23?,28+,39+/m1/s1. The lowest BCUT2D eigenvalue weighted by Gasteiger charge is -2.42. The Balaban J connectivity index is 1.16. The first-order chi connectivity index (χ1) is 26.4. The van der Waals surface area contributed by atoms with Gasteiger partial charge in [0.15, 0.2) is 5.82 Å². The van der Waals surface area contributed by atoms with E-state index in [1.807, 2.05) is 4.90 Å². The Labute approximate surface area is 311 Å². The van der Waals surface area contributed by atoms with Crippen LogP contribution in [-0.2, 0) is 11.8 Å². The summed E-state index contributed by atoms with van der Waals surface area (Å²) >= 11 is 0. The molecule has 5 aromatic rings. The fourth-order valence-electron chi connectivity index (χ4n) is 9.96. The number of nitrogens with zero attached hydrogens (tertiary/aromatic N) is 7. The number of aromatic hydroxyl groups is 1. The molecule has 1 saturated carbocycles. The van der Waals surface area contributed by atoms with Gasteiger partial charge in [-0.1, -0.05) is 12.0 Å². The average molecular weight is 758 g/mol. The van der Waals surface area contributed by atoms with E-state index in [1.165, 1.54) is 28.9 Å². The maximum absolute atomic E-state index is 17.7. The van der Waals surface area contributed by atoms with Crippen LogP contribution in [0.5, 0.6) is 11.8 Å². The van der Waals surface area contributed by atoms with Crippen LogP contribution in [0, 0.1) is 29.9 Å². The summed E-state index contributed by atoms with van der Waals surface area (Å²) in [5.41, 5.74) is -0.586. The summed E-state index contributed by atoms with van der Waals surface area (Å²) in [5, 5.41) is 16.8. The third kappa shape index (κ3) is 5.16. The van der Waals surface area contributed by atoms with Crippen LogP contribution in [0.15, 0.2) is 30.5 Å². The van der Waals surface area contributed by atoms with Gasteiger partial charge in [0, 0.05) is 74.1 Å². The highest BCUT2D eigenvalue weighted by Crippen LogP contribution is 2.52. The molecule has 284 valence electrons. The molecule has 0 spiro atoms. The van der Waals surface area contributed by atoms with Crippen LogP contribution in [-0.4, -0.2) is 103 Å². The van der Waals surface area contributed by atoms with Crippen LogP contribution >= 0.6 is 0 Å². The summed E-state index contributed by atoms with van der Waals surface area (Å²) in [5.74, 6) is -3.88. The van der Waals surface area contributed by atoms with Gasteiger partial charge in [-0.15, -0.1) is 6.42 Å². The smallest absolute Gasteiger partial charge is 0.319 e. The highest BCUT2D eigenvalue weighted by atomic mass is 19.3. The zero-order valence-electron chi connectivity index (χ0n) is 29.8. The highest BCUT2D eigenvalue weighted by Gasteiger charge is 2.64. The largest absolute Gasteiger partial charge is 0.508 e. The van der Waals surface area contributed by atoms with Crippen LogP contribution in [0.2, 0.25) is 0 Å². The Hall–Kier alpha value is -5.23. The number of aromatic nitrogens is 4. The zero-order valence-corrected chi connectivity index (χ0v) is 29.8. The molecule has 5 aliphatic rings. The Morgan fingerprint density at radius 2 is 1.84 bits per heavy atom. The second kappa shape index (κ2) is 11.9. The second-order valence-electron chi connectivity index (χ2n) is 15.9. The highest BCUT2D eigenvalue weighted by molar-refractivity contribution is 6.18. The molecule has 1 N–H and O–H groups in total. The minimum atomic E-state index is -2.99. The lowest BCUT2D eigenvalue weighted by molar-refractivity contribution is -0.138. The molecule has 5 atom stereocenters. The van der Waals surface area contributed by atoms with Crippen molar-refractivity contribution >= 4 is 44.3 Å². The first-order valence-corrected chi connectivity index (χ1v) is 18.6. The van der Waals surface area contributed by atoms with Crippen LogP contribution in [0.4, 0.5) is 27.8 Å². The minimum absolute atomic E-state index is 0.0702. The van der Waals surface area contributed by atoms with E-state index in [0.717, 1.165) is 19.4 Å². The molecule has 10 rings (SSSR count). The monoisotopic (exact) mass is 757 g/mol. The summed E-state index contributed by atoms with van der Waals surface area (Å²) in [4.78, 5) is 28.5. The molecule has 3 aromatic carbocycles. The average Bonchev–Trinajstić information content (AvgIpc) is 3.49. The number of anilines is 1. The Morgan fingerprint density at radius 3 is 2.56 bits per heavy atom. The van der Waals surface area contributed by atoms with Gasteiger partial charge in [0.05, 0.1) is 16.5 Å². The predicted octanol–water partition coefficient (Wildman–Crippen LogP) is 6.09. The Bertz CT molecular complexity index is 2510. The van der Waals surface area contributed by atoms with E-state index >= 15 is 8.78 Å². The van der Waals surface area contributed by atoms with E-state index in [1.54, 1.807) is 18.1 Å². The number of carbonyl (C=O) groups is 1. The molecule has 55 heavy (non-hydrogen) atoms. The number of piperazine rings is 1. The van der Waals surface area contributed by atoms with Gasteiger partial charge in [-0.2, -0.15) is 15.1 Å². The van der Waals surface area contributed by atoms with Crippen molar-refractivity contribution in [2.75, 3.05) is 37.7 Å². The number of halogens is 5. The molecule has 4 aliphatic heterocycles. The van der Waals surface area contributed by atoms with Crippen LogP contribution < -0.4 is 9.64 Å². The second-order valence-corrected chi connectivity index (χ2v) is 15.9. The molecule has 1 amide bonds. The van der Waals surface area contributed by atoms with Crippen molar-refractivity contribution in [3.8, 4) is 35.2 Å². The van der Waals surface area contributed by atoms with Gasteiger partial charge in [-0.05, 0) is 61.4 Å². The predicted molar refractivity (Wildman–Crippen MR) is 194 cm³/mol. The molecule has 4 saturated heterocycles. The number of rotatable bonds is 6. The van der Waals surface area contributed by atoms with Crippen molar-refractivity contribution in [3.05, 3.63) is 47.7 Å². The summed E-state index contributed by atoms with van der Waals surface area (Å²) in [6.45, 7) is 1.62. The first kappa shape index (κ1) is 34.3. The molecular formula is C40H36F5N7O3. The van der Waals surface area contributed by atoms with Crippen molar-refractivity contribution in [2.24, 2.45) is 13.0 Å². The summed E-state index contributed by atoms with van der Waals surface area (Å²) in [6, 6.07) is 4.50. The number of fused-ring (bicyclic) bond motifs is 7. The summed E-state index contributed by atoms with van der Waals surface area (Å²) in [7, 11) is 1.67. The minimum Gasteiger partial charge on any atom is -0.508 e. The number of hydrogen-bond donors (Lipinski definition) is 1. The number of phenols is 1. The van der Waals surface area contributed by atoms with E-state index in [2.05, 4.69) is 20.9 Å². The maximum Gasteiger partial charge on any atom is 0.319 e. The molecule has 10 nitrogen and oxygen atoms in total. The van der Waals surface area contributed by atoms with E-state index < -0.39 is 47.5 Å². The lowest BCUT2D eigenvalue weighted by atomic mass is 9.91. The van der Waals surface area contributed by atoms with E-state index in [9.17, 15) is 23.1 Å². The maximum atomic E-state index is 17.7. The lowest BCUT2D eigenvalue weighted by Crippen LogP contribution is -2.56. The van der Waals surface area contributed by atoms with E-state index in [4.69, 9.17) is 16.1 Å². The third-order valence-electron chi connectivity index (χ3n) is 12.5. The van der Waals surface area contributed by atoms with Gasteiger partial charge < -0.3 is 19.6 Å². The summed E-state index contributed by atoms with van der Waals surface area (Å²) in [6.07, 6.45) is 9.15. The van der Waals surface area contributed by atoms with E-state index in [-0.39, 0.29) is 76.7 Å². The fraction of sp³-hybridized carbons (Fsp3) is 0.450. The van der Waals surface area contributed by atoms with E-state index in [0.29, 0.717) is 47.8 Å². The van der Waals surface area contributed by atoms with Crippen molar-refractivity contribution in [2.45, 2.75) is 68.2 Å². The molecule has 5 fully saturated rings. The van der Waals surface area contributed by atoms with Crippen molar-refractivity contribution in [1.29, 1.82) is 0 Å². The summed E-state index contributed by atoms with van der Waals surface area (Å²) < 4.78 is 83.5. The quantitative estimate of drug-likeness (QED) is 0.164. The molecule has 0 radical (unpaired) electrons. The SMILES string of the molecule is C#Cc1c(F)ccc2cc(O)cc(-c3c(F)c4nc(OC[C@@]56CCCN5C[C@H](F)C6)nc(N5CC6CCC(C5)N6C(=O)[C@@H]5CC5(F)F)c4c4cn(C)nc34)c12. The number of aryl methyl sites for hydroxylation is 1. The Morgan fingerprint density at radius 1 is 1.07 bits per heavy atom. The van der Waals surface area contributed by atoms with Crippen LogP contribution in [0.25, 0.3) is 43.7 Å². The van der Waals surface area contributed by atoms with Gasteiger partial charge in [0.1, 0.15) is 47.1 Å². The van der Waals surface area contributed by atoms with Gasteiger partial charge in [0.2, 0.25) is 5.91 Å². The Kier molecular flexibility index (Phi) is 7.41. The van der Waals surface area contributed by atoms with Gasteiger partial charge in [-0.3, -0.25) is 14.4 Å². The van der Waals surface area contributed by atoms with Gasteiger partial charge in [0.25, 0.3) is 5.92 Å². The molecule has 1 aliphatic carbocycles. The fourth-order valence-corrected chi connectivity index (χ4v) is 9.96. The number of amides is 1. The molecular weight excluding hydrogens is 721 g/mol. The van der Waals surface area contributed by atoms with Crippen LogP contribution in [0.3, 0.4) is 0 Å². The topological polar surface area (TPSA) is 99.9 Å². The van der Waals surface area contributed by atoms with Gasteiger partial charge >= 0.3 is 6.01 Å². The van der Waals surface area contributed by atoms with Crippen molar-refractivity contribution < 1.29 is 36.6 Å². The molecule has 6 heterocycles. The number of hydrogen-bond acceptors (Lipinski definition) is 8. The molecule has 2 aromatic heterocycles. The molecule has 15 heteroatoms.